The fourth-order valence-corrected chi connectivity index (χ4v) is 1.98. The third-order valence-corrected chi connectivity index (χ3v) is 3.96. The van der Waals surface area contributed by atoms with Gasteiger partial charge in [0.25, 0.3) is 0 Å². The van der Waals surface area contributed by atoms with Crippen LogP contribution in [0.5, 0.6) is 0 Å². The molecule has 1 rings (SSSR count). The highest BCUT2D eigenvalue weighted by Gasteiger charge is 2.27. The highest BCUT2D eigenvalue weighted by atomic mass is 35.5. The van der Waals surface area contributed by atoms with Crippen molar-refractivity contribution in [2.75, 3.05) is 0 Å². The highest BCUT2D eigenvalue weighted by Crippen LogP contribution is 2.23. The highest BCUT2D eigenvalue weighted by molar-refractivity contribution is 7.91. The largest absolute Gasteiger partial charge is 0.591 e. The number of benzene rings is 1. The molecular formula is C12H15ClFNOS. The van der Waals surface area contributed by atoms with E-state index in [0.717, 1.165) is 0 Å². The van der Waals surface area contributed by atoms with Crippen LogP contribution in [0.1, 0.15) is 33.3 Å². The molecule has 0 saturated carbocycles. The molecule has 0 heterocycles. The van der Waals surface area contributed by atoms with Crippen LogP contribution in [0.3, 0.4) is 0 Å². The molecule has 1 atom stereocenters. The Hall–Kier alpha value is -0.580. The first kappa shape index (κ1) is 14.5. The Morgan fingerprint density at radius 3 is 2.53 bits per heavy atom. The van der Waals surface area contributed by atoms with Crippen molar-refractivity contribution in [1.29, 1.82) is 0 Å². The van der Waals surface area contributed by atoms with Crippen LogP contribution >= 0.6 is 11.6 Å². The van der Waals surface area contributed by atoms with Gasteiger partial charge in [-0.3, -0.25) is 0 Å². The monoisotopic (exact) mass is 275 g/mol. The van der Waals surface area contributed by atoms with E-state index in [4.69, 9.17) is 11.6 Å². The third kappa shape index (κ3) is 3.69. The van der Waals surface area contributed by atoms with Gasteiger partial charge in [0, 0.05) is 5.56 Å². The average molecular weight is 276 g/mol. The van der Waals surface area contributed by atoms with Crippen LogP contribution in [-0.2, 0) is 11.4 Å². The topological polar surface area (TPSA) is 35.4 Å². The smallest absolute Gasteiger partial charge is 0.144 e. The van der Waals surface area contributed by atoms with Gasteiger partial charge in [0.2, 0.25) is 0 Å². The molecule has 0 saturated heterocycles. The van der Waals surface area contributed by atoms with Crippen molar-refractivity contribution in [2.45, 2.75) is 32.4 Å². The van der Waals surface area contributed by atoms with Gasteiger partial charge in [-0.2, -0.15) is 0 Å². The third-order valence-electron chi connectivity index (χ3n) is 2.09. The lowest BCUT2D eigenvalue weighted by Gasteiger charge is -2.18. The van der Waals surface area contributed by atoms with Gasteiger partial charge in [0.1, 0.15) is 21.9 Å². The molecule has 2 nitrogen and oxygen atoms in total. The lowest BCUT2D eigenvalue weighted by atomic mass is 10.1. The molecule has 0 aliphatic heterocycles. The lowest BCUT2D eigenvalue weighted by Crippen LogP contribution is -2.26. The van der Waals surface area contributed by atoms with E-state index < -0.39 is 21.9 Å². The summed E-state index contributed by atoms with van der Waals surface area (Å²) in [6.45, 7) is 7.15. The molecule has 1 unspecified atom stereocenters. The number of hydrogen-bond acceptors (Lipinski definition) is 2. The normalized spacial score (nSPS) is 14.9. The standard InChI is InChI=1S/C12H15ClFNOS/c1-8(15-17(16)12(2,3)4)9-6-5-7-10(14)11(9)13/h5-7H,1-4H3/b15-8-. The van der Waals surface area contributed by atoms with Gasteiger partial charge in [0.15, 0.2) is 0 Å². The summed E-state index contributed by atoms with van der Waals surface area (Å²) in [6, 6.07) is 4.49. The van der Waals surface area contributed by atoms with Crippen LogP contribution in [0.4, 0.5) is 4.39 Å². The number of hydrogen-bond donors (Lipinski definition) is 0. The molecule has 0 N–H and O–H groups in total. The van der Waals surface area contributed by atoms with Crippen LogP contribution in [0.15, 0.2) is 22.6 Å². The fraction of sp³-hybridized carbons (Fsp3) is 0.417. The first-order valence-corrected chi connectivity index (χ1v) is 6.63. The van der Waals surface area contributed by atoms with Gasteiger partial charge in [-0.1, -0.05) is 28.1 Å². The van der Waals surface area contributed by atoms with E-state index >= 15 is 0 Å². The Morgan fingerprint density at radius 1 is 1.41 bits per heavy atom. The van der Waals surface area contributed by atoms with Crippen molar-refractivity contribution in [2.24, 2.45) is 4.40 Å². The molecule has 5 heteroatoms. The van der Waals surface area contributed by atoms with E-state index in [9.17, 15) is 8.94 Å². The second-order valence-corrected chi connectivity index (χ2v) is 6.92. The van der Waals surface area contributed by atoms with E-state index in [2.05, 4.69) is 4.40 Å². The number of rotatable bonds is 2. The summed E-state index contributed by atoms with van der Waals surface area (Å²) in [5, 5.41) is 0.0136. The van der Waals surface area contributed by atoms with Crippen molar-refractivity contribution in [1.82, 2.24) is 0 Å². The number of halogens is 2. The summed E-state index contributed by atoms with van der Waals surface area (Å²) < 4.78 is 28.7. The molecule has 0 bridgehead atoms. The Balaban J connectivity index is 3.09. The van der Waals surface area contributed by atoms with Crippen molar-refractivity contribution >= 4 is 28.7 Å². The minimum atomic E-state index is -1.38. The van der Waals surface area contributed by atoms with Crippen LogP contribution in [0.25, 0.3) is 0 Å². The maximum Gasteiger partial charge on any atom is 0.144 e. The van der Waals surface area contributed by atoms with Crippen molar-refractivity contribution < 1.29 is 8.94 Å². The van der Waals surface area contributed by atoms with E-state index in [0.29, 0.717) is 11.3 Å². The molecule has 1 aromatic rings. The zero-order valence-corrected chi connectivity index (χ0v) is 11.8. The predicted molar refractivity (Wildman–Crippen MR) is 71.5 cm³/mol. The van der Waals surface area contributed by atoms with E-state index in [1.807, 2.05) is 20.8 Å². The summed E-state index contributed by atoms with van der Waals surface area (Å²) >= 11 is 4.46. The second kappa shape index (κ2) is 5.38. The predicted octanol–water partition coefficient (Wildman–Crippen LogP) is 3.75. The Bertz CT molecular complexity index is 443. The van der Waals surface area contributed by atoms with Gasteiger partial charge in [-0.05, 0) is 33.8 Å². The van der Waals surface area contributed by atoms with E-state index in [1.54, 1.807) is 19.1 Å². The summed E-state index contributed by atoms with van der Waals surface area (Å²) in [5.41, 5.74) is 0.951. The molecule has 0 fully saturated rings. The summed E-state index contributed by atoms with van der Waals surface area (Å²) in [6.07, 6.45) is 0. The molecule has 0 spiro atoms. The number of nitrogens with zero attached hydrogens (tertiary/aromatic N) is 1. The minimum Gasteiger partial charge on any atom is -0.591 e. The second-order valence-electron chi connectivity index (χ2n) is 4.64. The van der Waals surface area contributed by atoms with Crippen molar-refractivity contribution in [3.8, 4) is 0 Å². The SMILES string of the molecule is C/C(=N/[S+]([O-])C(C)(C)C)c1cccc(F)c1Cl. The van der Waals surface area contributed by atoms with Crippen LogP contribution in [0.2, 0.25) is 5.02 Å². The first-order valence-electron chi connectivity index (χ1n) is 5.15. The fourth-order valence-electron chi connectivity index (χ4n) is 1.09. The molecular weight excluding hydrogens is 261 g/mol. The summed E-state index contributed by atoms with van der Waals surface area (Å²) in [7, 11) is 0. The summed E-state index contributed by atoms with van der Waals surface area (Å²) in [4.78, 5) is 0. The van der Waals surface area contributed by atoms with Gasteiger partial charge in [-0.15, -0.1) is 0 Å². The van der Waals surface area contributed by atoms with Crippen molar-refractivity contribution in [3.63, 3.8) is 0 Å². The maximum atomic E-state index is 13.2. The lowest BCUT2D eigenvalue weighted by molar-refractivity contribution is 0.561. The van der Waals surface area contributed by atoms with Gasteiger partial charge in [0.05, 0.1) is 10.7 Å². The van der Waals surface area contributed by atoms with Crippen LogP contribution in [-0.4, -0.2) is 15.0 Å². The quantitative estimate of drug-likeness (QED) is 0.598. The van der Waals surface area contributed by atoms with Gasteiger partial charge in [-0.25, -0.2) is 4.39 Å². The van der Waals surface area contributed by atoms with Crippen LogP contribution in [0, 0.1) is 5.82 Å². The molecule has 0 aromatic heterocycles. The van der Waals surface area contributed by atoms with E-state index in [1.165, 1.54) is 6.07 Å². The minimum absolute atomic E-state index is 0.0136. The molecule has 0 amide bonds. The van der Waals surface area contributed by atoms with Gasteiger partial charge < -0.3 is 4.55 Å². The van der Waals surface area contributed by atoms with Crippen molar-refractivity contribution in [3.05, 3.63) is 34.6 Å². The molecule has 0 aliphatic rings. The molecule has 0 radical (unpaired) electrons. The zero-order chi connectivity index (χ0) is 13.2. The Labute approximate surface area is 109 Å². The maximum absolute atomic E-state index is 13.2. The summed E-state index contributed by atoms with van der Waals surface area (Å²) in [5.74, 6) is -0.500. The molecule has 17 heavy (non-hydrogen) atoms. The first-order chi connectivity index (χ1) is 7.73. The molecule has 94 valence electrons. The Kier molecular flexibility index (Phi) is 4.58. The zero-order valence-electron chi connectivity index (χ0n) is 10.3. The molecule has 1 aromatic carbocycles. The Morgan fingerprint density at radius 2 is 2.00 bits per heavy atom. The van der Waals surface area contributed by atoms with E-state index in [-0.39, 0.29) is 5.02 Å². The molecule has 0 aliphatic carbocycles. The van der Waals surface area contributed by atoms with Crippen LogP contribution < -0.4 is 0 Å². The average Bonchev–Trinajstić information content (AvgIpc) is 2.20. The van der Waals surface area contributed by atoms with Gasteiger partial charge >= 0.3 is 0 Å².